The van der Waals surface area contributed by atoms with E-state index >= 15 is 0 Å². The Labute approximate surface area is 136 Å². The van der Waals surface area contributed by atoms with E-state index in [2.05, 4.69) is 6.92 Å². The van der Waals surface area contributed by atoms with Crippen LogP contribution in [-0.4, -0.2) is 34.6 Å². The van der Waals surface area contributed by atoms with Gasteiger partial charge in [0.1, 0.15) is 0 Å². The largest absolute Gasteiger partial charge is 0.396 e. The van der Waals surface area contributed by atoms with Gasteiger partial charge in [0.2, 0.25) is 0 Å². The number of rotatable bonds is 13. The summed E-state index contributed by atoms with van der Waals surface area (Å²) in [6.45, 7) is 2.74. The zero-order valence-corrected chi connectivity index (χ0v) is 14.4. The van der Waals surface area contributed by atoms with Gasteiger partial charge < -0.3 is 15.3 Å². The van der Waals surface area contributed by atoms with E-state index in [0.29, 0.717) is 30.0 Å². The maximum Gasteiger partial charge on any atom is 0.0540 e. The second kappa shape index (κ2) is 8.12. The number of aliphatic hydroxyl groups is 3. The molecule has 0 aliphatic heterocycles. The first-order valence-electron chi connectivity index (χ1n) is 9.52. The highest BCUT2D eigenvalue weighted by Gasteiger charge is 2.60. The Morgan fingerprint density at radius 3 is 1.68 bits per heavy atom. The van der Waals surface area contributed by atoms with Gasteiger partial charge in [-0.25, -0.2) is 0 Å². The highest BCUT2D eigenvalue weighted by atomic mass is 16.3. The van der Waals surface area contributed by atoms with Gasteiger partial charge in [0, 0.05) is 13.2 Å². The highest BCUT2D eigenvalue weighted by Crippen LogP contribution is 2.70. The second-order valence-electron chi connectivity index (χ2n) is 7.95. The summed E-state index contributed by atoms with van der Waals surface area (Å²) in [6.07, 6.45) is 13.3. The van der Waals surface area contributed by atoms with E-state index in [1.54, 1.807) is 0 Å². The van der Waals surface area contributed by atoms with Crippen molar-refractivity contribution >= 4 is 0 Å². The molecule has 0 aromatic heterocycles. The molecule has 3 N–H and O–H groups in total. The van der Waals surface area contributed by atoms with Crippen molar-refractivity contribution in [1.82, 2.24) is 0 Å². The normalized spacial score (nSPS) is 22.8. The molecule has 2 aliphatic rings. The summed E-state index contributed by atoms with van der Waals surface area (Å²) in [5.41, 5.74) is 0.890. The minimum absolute atomic E-state index is 0.144. The van der Waals surface area contributed by atoms with Crippen molar-refractivity contribution in [3.8, 4) is 0 Å². The zero-order valence-electron chi connectivity index (χ0n) is 14.4. The van der Waals surface area contributed by atoms with Crippen molar-refractivity contribution in [2.75, 3.05) is 13.2 Å². The van der Waals surface area contributed by atoms with Gasteiger partial charge in [0.15, 0.2) is 0 Å². The molecule has 0 heterocycles. The molecule has 1 unspecified atom stereocenters. The van der Waals surface area contributed by atoms with Gasteiger partial charge >= 0.3 is 0 Å². The molecular formula is C19H36O3. The van der Waals surface area contributed by atoms with Gasteiger partial charge in [-0.2, -0.15) is 0 Å². The van der Waals surface area contributed by atoms with Gasteiger partial charge in [0.25, 0.3) is 0 Å². The van der Waals surface area contributed by atoms with Gasteiger partial charge in [-0.05, 0) is 87.4 Å². The first-order valence-corrected chi connectivity index (χ1v) is 9.52. The monoisotopic (exact) mass is 312 g/mol. The van der Waals surface area contributed by atoms with Crippen LogP contribution in [0.15, 0.2) is 0 Å². The summed E-state index contributed by atoms with van der Waals surface area (Å²) in [7, 11) is 0. The van der Waals surface area contributed by atoms with Crippen LogP contribution in [0.2, 0.25) is 0 Å². The lowest BCUT2D eigenvalue weighted by Crippen LogP contribution is -2.28. The predicted molar refractivity (Wildman–Crippen MR) is 89.6 cm³/mol. The minimum atomic E-state index is -0.144. The fourth-order valence-corrected chi connectivity index (χ4v) is 4.83. The SMILES string of the molecule is CCCC(O)CCC(C1(CCCO)CC1)C1(CCCO)CC1. The second-order valence-corrected chi connectivity index (χ2v) is 7.95. The molecule has 3 heteroatoms. The van der Waals surface area contributed by atoms with E-state index in [1.807, 2.05) is 0 Å². The Balaban J connectivity index is 1.98. The van der Waals surface area contributed by atoms with Gasteiger partial charge in [-0.15, -0.1) is 0 Å². The third kappa shape index (κ3) is 4.46. The van der Waals surface area contributed by atoms with Crippen LogP contribution in [0.3, 0.4) is 0 Å². The molecule has 2 rings (SSSR count). The third-order valence-corrected chi connectivity index (χ3v) is 6.34. The van der Waals surface area contributed by atoms with Crippen LogP contribution in [0, 0.1) is 16.7 Å². The van der Waals surface area contributed by atoms with Gasteiger partial charge in [-0.1, -0.05) is 13.3 Å². The maximum absolute atomic E-state index is 10.1. The summed E-state index contributed by atoms with van der Waals surface area (Å²) in [4.78, 5) is 0. The quantitative estimate of drug-likeness (QED) is 0.486. The number of hydrogen-bond acceptors (Lipinski definition) is 3. The standard InChI is InChI=1S/C19H36O3/c1-2-5-16(22)6-7-17(18(10-11-18)8-3-14-20)19(12-13-19)9-4-15-21/h16-17,20-22H,2-15H2,1H3. The lowest BCUT2D eigenvalue weighted by atomic mass is 9.70. The van der Waals surface area contributed by atoms with Crippen LogP contribution in [0.4, 0.5) is 0 Å². The molecule has 0 radical (unpaired) electrons. The average molecular weight is 312 g/mol. The average Bonchev–Trinajstić information content (AvgIpc) is 3.41. The Morgan fingerprint density at radius 2 is 1.32 bits per heavy atom. The molecule has 0 bridgehead atoms. The molecule has 0 spiro atoms. The molecule has 1 atom stereocenters. The first kappa shape index (κ1) is 18.2. The lowest BCUT2D eigenvalue weighted by Gasteiger charge is -2.35. The summed E-state index contributed by atoms with van der Waals surface area (Å²) in [6, 6.07) is 0. The van der Waals surface area contributed by atoms with Crippen molar-refractivity contribution in [3.63, 3.8) is 0 Å². The smallest absolute Gasteiger partial charge is 0.0540 e. The lowest BCUT2D eigenvalue weighted by molar-refractivity contribution is 0.0930. The summed E-state index contributed by atoms with van der Waals surface area (Å²) >= 11 is 0. The molecule has 2 aliphatic carbocycles. The van der Waals surface area contributed by atoms with Crippen molar-refractivity contribution in [2.24, 2.45) is 16.7 Å². The van der Waals surface area contributed by atoms with Crippen LogP contribution in [-0.2, 0) is 0 Å². The minimum Gasteiger partial charge on any atom is -0.396 e. The van der Waals surface area contributed by atoms with Crippen molar-refractivity contribution in [2.45, 2.75) is 90.1 Å². The molecule has 22 heavy (non-hydrogen) atoms. The van der Waals surface area contributed by atoms with E-state index in [0.717, 1.165) is 51.4 Å². The number of aliphatic hydroxyl groups excluding tert-OH is 3. The Morgan fingerprint density at radius 1 is 0.818 bits per heavy atom. The van der Waals surface area contributed by atoms with E-state index in [-0.39, 0.29) is 6.10 Å². The molecule has 130 valence electrons. The zero-order chi connectivity index (χ0) is 16.1. The van der Waals surface area contributed by atoms with Crippen LogP contribution in [0.5, 0.6) is 0 Å². The van der Waals surface area contributed by atoms with E-state index in [4.69, 9.17) is 0 Å². The molecule has 2 saturated carbocycles. The Kier molecular flexibility index (Phi) is 6.73. The predicted octanol–water partition coefficient (Wildman–Crippen LogP) is 3.65. The fourth-order valence-electron chi connectivity index (χ4n) is 4.83. The summed E-state index contributed by atoms with van der Waals surface area (Å²) < 4.78 is 0. The van der Waals surface area contributed by atoms with E-state index in [9.17, 15) is 15.3 Å². The van der Waals surface area contributed by atoms with Crippen LogP contribution in [0.1, 0.15) is 84.0 Å². The van der Waals surface area contributed by atoms with Crippen molar-refractivity contribution in [3.05, 3.63) is 0 Å². The van der Waals surface area contributed by atoms with Crippen LogP contribution >= 0.6 is 0 Å². The molecule has 0 aromatic rings. The molecule has 0 saturated heterocycles. The Hall–Kier alpha value is -0.120. The van der Waals surface area contributed by atoms with E-state index < -0.39 is 0 Å². The summed E-state index contributed by atoms with van der Waals surface area (Å²) in [5.74, 6) is 0.699. The van der Waals surface area contributed by atoms with Gasteiger partial charge in [-0.3, -0.25) is 0 Å². The Bertz CT molecular complexity index is 297. The van der Waals surface area contributed by atoms with Crippen LogP contribution < -0.4 is 0 Å². The summed E-state index contributed by atoms with van der Waals surface area (Å²) in [5, 5.41) is 28.6. The molecule has 2 fully saturated rings. The topological polar surface area (TPSA) is 60.7 Å². The molecule has 0 amide bonds. The van der Waals surface area contributed by atoms with Gasteiger partial charge in [0.05, 0.1) is 6.10 Å². The van der Waals surface area contributed by atoms with E-state index in [1.165, 1.54) is 25.7 Å². The molecular weight excluding hydrogens is 276 g/mol. The maximum atomic E-state index is 10.1. The van der Waals surface area contributed by atoms with Crippen molar-refractivity contribution in [1.29, 1.82) is 0 Å². The highest BCUT2D eigenvalue weighted by molar-refractivity contribution is 5.10. The molecule has 0 aromatic carbocycles. The first-order chi connectivity index (χ1) is 10.6. The van der Waals surface area contributed by atoms with Crippen molar-refractivity contribution < 1.29 is 15.3 Å². The molecule has 3 nitrogen and oxygen atoms in total. The van der Waals surface area contributed by atoms with Crippen LogP contribution in [0.25, 0.3) is 0 Å². The third-order valence-electron chi connectivity index (χ3n) is 6.34. The number of hydrogen-bond donors (Lipinski definition) is 3. The fraction of sp³-hybridized carbons (Fsp3) is 1.00.